The molecule has 5 rings (SSSR count). The molecule has 0 radical (unpaired) electrons. The Morgan fingerprint density at radius 3 is 1.03 bits per heavy atom. The van der Waals surface area contributed by atoms with Gasteiger partial charge in [0.05, 0.1) is 0 Å². The molecule has 2 nitrogen and oxygen atoms in total. The second-order valence-electron chi connectivity index (χ2n) is 8.18. The molecule has 160 valence electrons. The fourth-order valence-electron chi connectivity index (χ4n) is 4.26. The van der Waals surface area contributed by atoms with Gasteiger partial charge in [-0.25, -0.2) is 0 Å². The molecule has 0 atom stereocenters. The van der Waals surface area contributed by atoms with Gasteiger partial charge in [-0.2, -0.15) is 0 Å². The van der Waals surface area contributed by atoms with E-state index in [1.165, 1.54) is 16.7 Å². The third-order valence-corrected chi connectivity index (χ3v) is 6.02. The summed E-state index contributed by atoms with van der Waals surface area (Å²) in [7, 11) is 0. The van der Waals surface area contributed by atoms with Gasteiger partial charge in [0.25, 0.3) is 0 Å². The third-order valence-electron chi connectivity index (χ3n) is 6.02. The van der Waals surface area contributed by atoms with Crippen LogP contribution in [0.2, 0.25) is 0 Å². The van der Waals surface area contributed by atoms with Crippen molar-refractivity contribution < 1.29 is 10.2 Å². The van der Waals surface area contributed by atoms with Gasteiger partial charge in [0.1, 0.15) is 11.5 Å². The van der Waals surface area contributed by atoms with Crippen LogP contribution in [-0.2, 0) is 0 Å². The molecule has 5 aromatic carbocycles. The van der Waals surface area contributed by atoms with Crippen LogP contribution in [0.4, 0.5) is 0 Å². The van der Waals surface area contributed by atoms with E-state index in [0.29, 0.717) is 0 Å². The van der Waals surface area contributed by atoms with Crippen LogP contribution >= 0.6 is 0 Å². The Hall–Kier alpha value is -4.30. The highest BCUT2D eigenvalue weighted by atomic mass is 16.3. The monoisotopic (exact) mass is 428 g/mol. The van der Waals surface area contributed by atoms with E-state index in [0.717, 1.165) is 22.3 Å². The van der Waals surface area contributed by atoms with Crippen LogP contribution in [0.25, 0.3) is 22.3 Å². The van der Waals surface area contributed by atoms with Crippen LogP contribution in [0, 0.1) is 0 Å². The van der Waals surface area contributed by atoms with Gasteiger partial charge in [-0.15, -0.1) is 0 Å². The number of hydrogen-bond donors (Lipinski definition) is 2. The summed E-state index contributed by atoms with van der Waals surface area (Å²) in [6.45, 7) is 0. The zero-order chi connectivity index (χ0) is 22.6. The van der Waals surface area contributed by atoms with Crippen molar-refractivity contribution in [2.75, 3.05) is 0 Å². The Labute approximate surface area is 194 Å². The maximum Gasteiger partial charge on any atom is 0.115 e. The normalized spacial score (nSPS) is 10.9. The van der Waals surface area contributed by atoms with Gasteiger partial charge < -0.3 is 10.2 Å². The number of aromatic hydroxyl groups is 2. The maximum atomic E-state index is 9.74. The van der Waals surface area contributed by atoms with Gasteiger partial charge >= 0.3 is 0 Å². The zero-order valence-electron chi connectivity index (χ0n) is 18.1. The van der Waals surface area contributed by atoms with Crippen LogP contribution in [0.1, 0.15) is 22.6 Å². The first kappa shape index (κ1) is 20.6. The standard InChI is InChI=1S/C31H24O2/c32-29-18-14-27(15-19-29)31(28-16-20-30(33)21-17-28)26-12-10-25(11-13-26)24-8-6-23(7-9-24)22-4-2-1-3-5-22/h1-21,31-33H. The fourth-order valence-corrected chi connectivity index (χ4v) is 4.26. The molecule has 2 heteroatoms. The van der Waals surface area contributed by atoms with Crippen molar-refractivity contribution in [3.05, 3.63) is 144 Å². The highest BCUT2D eigenvalue weighted by molar-refractivity contribution is 5.70. The van der Waals surface area contributed by atoms with Gasteiger partial charge in [0, 0.05) is 5.92 Å². The largest absolute Gasteiger partial charge is 0.508 e. The Bertz CT molecular complexity index is 1270. The van der Waals surface area contributed by atoms with E-state index < -0.39 is 0 Å². The lowest BCUT2D eigenvalue weighted by Crippen LogP contribution is -2.03. The van der Waals surface area contributed by atoms with Crippen molar-refractivity contribution >= 4 is 0 Å². The summed E-state index contributed by atoms with van der Waals surface area (Å²) in [4.78, 5) is 0. The van der Waals surface area contributed by atoms with E-state index in [4.69, 9.17) is 0 Å². The molecule has 0 unspecified atom stereocenters. The van der Waals surface area contributed by atoms with E-state index in [2.05, 4.69) is 72.8 Å². The van der Waals surface area contributed by atoms with Crippen molar-refractivity contribution in [3.8, 4) is 33.8 Å². The summed E-state index contributed by atoms with van der Waals surface area (Å²) in [6.07, 6.45) is 0. The van der Waals surface area contributed by atoms with E-state index in [-0.39, 0.29) is 17.4 Å². The predicted molar refractivity (Wildman–Crippen MR) is 134 cm³/mol. The first-order valence-electron chi connectivity index (χ1n) is 11.0. The minimum absolute atomic E-state index is 0.000654. The quantitative estimate of drug-likeness (QED) is 0.283. The average molecular weight is 429 g/mol. The summed E-state index contributed by atoms with van der Waals surface area (Å²) in [5.41, 5.74) is 8.06. The molecule has 5 aromatic rings. The summed E-state index contributed by atoms with van der Waals surface area (Å²) in [5.74, 6) is 0.496. The predicted octanol–water partition coefficient (Wildman–Crippen LogP) is 7.61. The molecule has 0 bridgehead atoms. The number of rotatable bonds is 5. The van der Waals surface area contributed by atoms with Gasteiger partial charge in [-0.1, -0.05) is 103 Å². The molecule has 0 fully saturated rings. The van der Waals surface area contributed by atoms with Crippen molar-refractivity contribution in [1.82, 2.24) is 0 Å². The lowest BCUT2D eigenvalue weighted by Gasteiger charge is -2.19. The van der Waals surface area contributed by atoms with E-state index >= 15 is 0 Å². The first-order chi connectivity index (χ1) is 16.2. The molecule has 0 amide bonds. The molecule has 2 N–H and O–H groups in total. The molecule has 0 aliphatic carbocycles. The average Bonchev–Trinajstić information content (AvgIpc) is 2.88. The molecule has 0 spiro atoms. The summed E-state index contributed by atoms with van der Waals surface area (Å²) >= 11 is 0. The molecular formula is C31H24O2. The smallest absolute Gasteiger partial charge is 0.115 e. The Kier molecular flexibility index (Phi) is 5.65. The number of hydrogen-bond acceptors (Lipinski definition) is 2. The molecule has 0 aliphatic rings. The zero-order valence-corrected chi connectivity index (χ0v) is 18.1. The molecular weight excluding hydrogens is 404 g/mol. The third kappa shape index (κ3) is 4.51. The van der Waals surface area contributed by atoms with Gasteiger partial charge in [0.2, 0.25) is 0 Å². The van der Waals surface area contributed by atoms with Crippen molar-refractivity contribution in [2.24, 2.45) is 0 Å². The molecule has 0 heterocycles. The summed E-state index contributed by atoms with van der Waals surface area (Å²) in [5, 5.41) is 19.5. The first-order valence-corrected chi connectivity index (χ1v) is 11.0. The molecule has 0 saturated heterocycles. The molecule has 0 aromatic heterocycles. The summed E-state index contributed by atoms with van der Waals surface area (Å²) in [6, 6.07) is 42.3. The van der Waals surface area contributed by atoms with Crippen LogP contribution in [0.15, 0.2) is 127 Å². The Morgan fingerprint density at radius 1 is 0.333 bits per heavy atom. The van der Waals surface area contributed by atoms with E-state index in [1.54, 1.807) is 24.3 Å². The van der Waals surface area contributed by atoms with Crippen molar-refractivity contribution in [2.45, 2.75) is 5.92 Å². The lowest BCUT2D eigenvalue weighted by atomic mass is 9.84. The molecule has 0 saturated carbocycles. The highest BCUT2D eigenvalue weighted by Crippen LogP contribution is 2.35. The van der Waals surface area contributed by atoms with Gasteiger partial charge in [-0.05, 0) is 63.2 Å². The highest BCUT2D eigenvalue weighted by Gasteiger charge is 2.17. The minimum atomic E-state index is 0.000654. The second-order valence-corrected chi connectivity index (χ2v) is 8.18. The van der Waals surface area contributed by atoms with Gasteiger partial charge in [0.15, 0.2) is 0 Å². The van der Waals surface area contributed by atoms with Crippen LogP contribution in [0.5, 0.6) is 11.5 Å². The number of benzene rings is 5. The second kappa shape index (κ2) is 9.05. The molecule has 0 aliphatic heterocycles. The Balaban J connectivity index is 1.47. The van der Waals surface area contributed by atoms with Crippen LogP contribution < -0.4 is 0 Å². The topological polar surface area (TPSA) is 40.5 Å². The van der Waals surface area contributed by atoms with Crippen LogP contribution in [0.3, 0.4) is 0 Å². The molecule has 33 heavy (non-hydrogen) atoms. The maximum absolute atomic E-state index is 9.74. The lowest BCUT2D eigenvalue weighted by molar-refractivity contribution is 0.475. The number of phenols is 2. The van der Waals surface area contributed by atoms with Crippen molar-refractivity contribution in [1.29, 1.82) is 0 Å². The SMILES string of the molecule is Oc1ccc(C(c2ccc(O)cc2)c2ccc(-c3ccc(-c4ccccc4)cc3)cc2)cc1. The van der Waals surface area contributed by atoms with Gasteiger partial charge in [-0.3, -0.25) is 0 Å². The van der Waals surface area contributed by atoms with E-state index in [9.17, 15) is 10.2 Å². The van der Waals surface area contributed by atoms with E-state index in [1.807, 2.05) is 30.3 Å². The summed E-state index contributed by atoms with van der Waals surface area (Å²) < 4.78 is 0. The van der Waals surface area contributed by atoms with Crippen molar-refractivity contribution in [3.63, 3.8) is 0 Å². The fraction of sp³-hybridized carbons (Fsp3) is 0.0323. The number of phenolic OH excluding ortho intramolecular Hbond substituents is 2. The Morgan fingerprint density at radius 2 is 0.636 bits per heavy atom. The van der Waals surface area contributed by atoms with Crippen LogP contribution in [-0.4, -0.2) is 10.2 Å². The minimum Gasteiger partial charge on any atom is -0.508 e.